The number of aryl methyl sites for hydroxylation is 1. The number of benzene rings is 2. The van der Waals surface area contributed by atoms with Crippen molar-refractivity contribution in [2.24, 2.45) is 7.05 Å². The van der Waals surface area contributed by atoms with Gasteiger partial charge in [-0.05, 0) is 17.2 Å². The molecule has 0 fully saturated rings. The predicted octanol–water partition coefficient (Wildman–Crippen LogP) is 3.49. The number of anilines is 2. The van der Waals surface area contributed by atoms with E-state index in [9.17, 15) is 4.79 Å². The number of carbonyl (C=O) groups excluding carboxylic acids is 1. The van der Waals surface area contributed by atoms with E-state index in [4.69, 9.17) is 4.74 Å². The minimum absolute atomic E-state index is 0.0437. The Morgan fingerprint density at radius 1 is 1.00 bits per heavy atom. The second-order valence-corrected chi connectivity index (χ2v) is 7.29. The summed E-state index contributed by atoms with van der Waals surface area (Å²) in [5, 5.41) is 10.2. The van der Waals surface area contributed by atoms with Crippen LogP contribution in [0.5, 0.6) is 5.75 Å². The maximum Gasteiger partial charge on any atom is 0.227 e. The van der Waals surface area contributed by atoms with Gasteiger partial charge in [-0.15, -0.1) is 0 Å². The molecule has 0 aliphatic rings. The SMILES string of the molecule is COc1ccccc1CNC(=O)Cc1ccc(-c2cnc(Nc3cnn(C)c3)nc2)cc1. The molecule has 0 bridgehead atoms. The van der Waals surface area contributed by atoms with Crippen LogP contribution in [-0.2, 0) is 24.8 Å². The normalized spacial score (nSPS) is 10.6. The first kappa shape index (κ1) is 21.0. The number of methoxy groups -OCH3 is 1. The summed E-state index contributed by atoms with van der Waals surface area (Å²) in [7, 11) is 3.47. The van der Waals surface area contributed by atoms with Gasteiger partial charge in [0.1, 0.15) is 5.75 Å². The van der Waals surface area contributed by atoms with Gasteiger partial charge < -0.3 is 15.4 Å². The van der Waals surface area contributed by atoms with Crippen LogP contribution in [0.25, 0.3) is 11.1 Å². The summed E-state index contributed by atoms with van der Waals surface area (Å²) in [6.07, 6.45) is 7.40. The minimum atomic E-state index is -0.0437. The third kappa shape index (κ3) is 5.28. The molecule has 0 saturated heterocycles. The van der Waals surface area contributed by atoms with Crippen molar-refractivity contribution in [2.45, 2.75) is 13.0 Å². The molecular weight excluding hydrogens is 404 g/mol. The Labute approximate surface area is 186 Å². The number of hydrogen-bond donors (Lipinski definition) is 2. The first-order valence-corrected chi connectivity index (χ1v) is 10.2. The van der Waals surface area contributed by atoms with Crippen molar-refractivity contribution in [1.82, 2.24) is 25.1 Å². The summed E-state index contributed by atoms with van der Waals surface area (Å²) < 4.78 is 7.03. The fourth-order valence-corrected chi connectivity index (χ4v) is 3.26. The number of ether oxygens (including phenoxy) is 1. The van der Waals surface area contributed by atoms with Gasteiger partial charge >= 0.3 is 0 Å². The molecule has 0 saturated carbocycles. The lowest BCUT2D eigenvalue weighted by Crippen LogP contribution is -2.24. The van der Waals surface area contributed by atoms with Gasteiger partial charge in [-0.2, -0.15) is 5.10 Å². The fourth-order valence-electron chi connectivity index (χ4n) is 3.26. The quantitative estimate of drug-likeness (QED) is 0.446. The lowest BCUT2D eigenvalue weighted by atomic mass is 10.0. The number of hydrogen-bond acceptors (Lipinski definition) is 6. The lowest BCUT2D eigenvalue weighted by molar-refractivity contribution is -0.120. The van der Waals surface area contributed by atoms with E-state index in [1.54, 1.807) is 30.4 Å². The number of aromatic nitrogens is 4. The molecule has 8 nitrogen and oxygen atoms in total. The summed E-state index contributed by atoms with van der Waals surface area (Å²) in [5.41, 5.74) is 4.58. The van der Waals surface area contributed by atoms with Gasteiger partial charge in [-0.25, -0.2) is 9.97 Å². The van der Waals surface area contributed by atoms with E-state index >= 15 is 0 Å². The molecule has 0 spiro atoms. The third-order valence-electron chi connectivity index (χ3n) is 4.93. The van der Waals surface area contributed by atoms with Crippen molar-refractivity contribution in [1.29, 1.82) is 0 Å². The highest BCUT2D eigenvalue weighted by Crippen LogP contribution is 2.20. The smallest absolute Gasteiger partial charge is 0.227 e. The van der Waals surface area contributed by atoms with Crippen LogP contribution in [0.3, 0.4) is 0 Å². The molecule has 0 radical (unpaired) electrons. The zero-order valence-electron chi connectivity index (χ0n) is 17.9. The number of para-hydroxylation sites is 1. The van der Waals surface area contributed by atoms with Gasteiger partial charge in [0.25, 0.3) is 0 Å². The summed E-state index contributed by atoms with van der Waals surface area (Å²) in [5.74, 6) is 1.23. The van der Waals surface area contributed by atoms with E-state index in [2.05, 4.69) is 25.7 Å². The maximum atomic E-state index is 12.3. The molecule has 4 aromatic rings. The van der Waals surface area contributed by atoms with Crippen molar-refractivity contribution < 1.29 is 9.53 Å². The van der Waals surface area contributed by atoms with Gasteiger partial charge in [0.05, 0.1) is 25.4 Å². The van der Waals surface area contributed by atoms with Crippen LogP contribution in [-0.4, -0.2) is 32.8 Å². The summed E-state index contributed by atoms with van der Waals surface area (Å²) in [6, 6.07) is 15.5. The average molecular weight is 428 g/mol. The Bertz CT molecular complexity index is 1190. The molecule has 2 N–H and O–H groups in total. The van der Waals surface area contributed by atoms with E-state index in [0.717, 1.165) is 33.7 Å². The van der Waals surface area contributed by atoms with Gasteiger partial charge in [0.15, 0.2) is 0 Å². The highest BCUT2D eigenvalue weighted by Gasteiger charge is 2.07. The Kier molecular flexibility index (Phi) is 6.41. The Hall–Kier alpha value is -4.20. The number of amides is 1. The third-order valence-corrected chi connectivity index (χ3v) is 4.93. The molecule has 2 aromatic heterocycles. The molecule has 0 atom stereocenters. The summed E-state index contributed by atoms with van der Waals surface area (Å²) in [6.45, 7) is 0.428. The molecule has 2 aromatic carbocycles. The fraction of sp³-hybridized carbons (Fsp3) is 0.167. The molecule has 0 aliphatic carbocycles. The Morgan fingerprint density at radius 3 is 2.44 bits per heavy atom. The number of nitrogens with zero attached hydrogens (tertiary/aromatic N) is 4. The molecule has 0 unspecified atom stereocenters. The van der Waals surface area contributed by atoms with E-state index in [1.807, 2.05) is 61.8 Å². The number of rotatable bonds is 8. The van der Waals surface area contributed by atoms with Gasteiger partial charge in [0.2, 0.25) is 11.9 Å². The van der Waals surface area contributed by atoms with E-state index in [0.29, 0.717) is 18.9 Å². The molecule has 4 rings (SSSR count). The minimum Gasteiger partial charge on any atom is -0.496 e. The van der Waals surface area contributed by atoms with Crippen LogP contribution in [0.1, 0.15) is 11.1 Å². The van der Waals surface area contributed by atoms with Gasteiger partial charge in [0, 0.05) is 43.3 Å². The van der Waals surface area contributed by atoms with Crippen molar-refractivity contribution in [3.8, 4) is 16.9 Å². The largest absolute Gasteiger partial charge is 0.496 e. The first-order valence-electron chi connectivity index (χ1n) is 10.2. The van der Waals surface area contributed by atoms with Crippen molar-refractivity contribution in [3.05, 3.63) is 84.4 Å². The highest BCUT2D eigenvalue weighted by atomic mass is 16.5. The zero-order chi connectivity index (χ0) is 22.3. The van der Waals surface area contributed by atoms with Crippen molar-refractivity contribution in [3.63, 3.8) is 0 Å². The van der Waals surface area contributed by atoms with E-state index < -0.39 is 0 Å². The van der Waals surface area contributed by atoms with E-state index in [-0.39, 0.29) is 5.91 Å². The lowest BCUT2D eigenvalue weighted by Gasteiger charge is -2.10. The maximum absolute atomic E-state index is 12.3. The highest BCUT2D eigenvalue weighted by molar-refractivity contribution is 5.79. The predicted molar refractivity (Wildman–Crippen MR) is 123 cm³/mol. The molecule has 0 aliphatic heterocycles. The van der Waals surface area contributed by atoms with Gasteiger partial charge in [-0.3, -0.25) is 9.48 Å². The monoisotopic (exact) mass is 428 g/mol. The molecule has 2 heterocycles. The standard InChI is InChI=1S/C24H24N6O2/c1-30-16-21(15-28-30)29-24-26-13-20(14-27-24)18-9-7-17(8-10-18)11-23(31)25-12-19-5-3-4-6-22(19)32-2/h3-10,13-16H,11-12H2,1-2H3,(H,25,31)(H,26,27,29). The van der Waals surface area contributed by atoms with Crippen LogP contribution in [0.4, 0.5) is 11.6 Å². The van der Waals surface area contributed by atoms with Crippen LogP contribution in [0.15, 0.2) is 73.3 Å². The summed E-state index contributed by atoms with van der Waals surface area (Å²) in [4.78, 5) is 21.1. The van der Waals surface area contributed by atoms with E-state index in [1.165, 1.54) is 0 Å². The molecule has 1 amide bonds. The molecule has 32 heavy (non-hydrogen) atoms. The number of carbonyl (C=O) groups is 1. The van der Waals surface area contributed by atoms with Crippen LogP contribution in [0.2, 0.25) is 0 Å². The second kappa shape index (κ2) is 9.74. The number of nitrogens with one attached hydrogen (secondary N) is 2. The summed E-state index contributed by atoms with van der Waals surface area (Å²) >= 11 is 0. The van der Waals surface area contributed by atoms with Crippen LogP contribution < -0.4 is 15.4 Å². The first-order chi connectivity index (χ1) is 15.6. The Morgan fingerprint density at radius 2 is 1.75 bits per heavy atom. The zero-order valence-corrected chi connectivity index (χ0v) is 17.9. The topological polar surface area (TPSA) is 94.0 Å². The van der Waals surface area contributed by atoms with Crippen LogP contribution >= 0.6 is 0 Å². The van der Waals surface area contributed by atoms with Crippen molar-refractivity contribution >= 4 is 17.5 Å². The van der Waals surface area contributed by atoms with Crippen molar-refractivity contribution in [2.75, 3.05) is 12.4 Å². The Balaban J connectivity index is 1.33. The molecular formula is C24H24N6O2. The molecule has 162 valence electrons. The van der Waals surface area contributed by atoms with Gasteiger partial charge in [-0.1, -0.05) is 42.5 Å². The van der Waals surface area contributed by atoms with Crippen LogP contribution in [0, 0.1) is 0 Å². The second-order valence-electron chi connectivity index (χ2n) is 7.29. The molecule has 8 heteroatoms. The average Bonchev–Trinajstić information content (AvgIpc) is 3.23.